The standard InChI is InChI=1S/C17H13F3N4O/c1-25-12-7-5-11(6-8-12)22-15-10-14(17(18,19)20)23-16(24-15)13-4-2-3-9-21-13/h2-10H,1H3,(H,22,23,24). The van der Waals surface area contributed by atoms with Gasteiger partial charge in [-0.3, -0.25) is 4.98 Å². The van der Waals surface area contributed by atoms with Crippen LogP contribution in [0, 0.1) is 0 Å². The van der Waals surface area contributed by atoms with Gasteiger partial charge in [0, 0.05) is 18.0 Å². The number of alkyl halides is 3. The molecule has 128 valence electrons. The second-order valence-corrected chi connectivity index (χ2v) is 5.03. The fourth-order valence-electron chi connectivity index (χ4n) is 2.09. The van der Waals surface area contributed by atoms with E-state index in [1.54, 1.807) is 42.5 Å². The fraction of sp³-hybridized carbons (Fsp3) is 0.118. The van der Waals surface area contributed by atoms with Crippen LogP contribution in [0.1, 0.15) is 5.69 Å². The van der Waals surface area contributed by atoms with Crippen LogP contribution >= 0.6 is 0 Å². The van der Waals surface area contributed by atoms with Gasteiger partial charge in [0.1, 0.15) is 17.3 Å². The lowest BCUT2D eigenvalue weighted by molar-refractivity contribution is -0.141. The van der Waals surface area contributed by atoms with Gasteiger partial charge in [-0.1, -0.05) is 6.07 Å². The van der Waals surface area contributed by atoms with Gasteiger partial charge in [-0.2, -0.15) is 13.2 Å². The molecule has 2 aromatic heterocycles. The Morgan fingerprint density at radius 3 is 2.36 bits per heavy atom. The van der Waals surface area contributed by atoms with Crippen LogP contribution in [0.4, 0.5) is 24.7 Å². The molecular formula is C17H13F3N4O. The van der Waals surface area contributed by atoms with E-state index in [0.29, 0.717) is 11.4 Å². The van der Waals surface area contributed by atoms with Gasteiger partial charge < -0.3 is 10.1 Å². The number of pyridine rings is 1. The molecule has 2 heterocycles. The van der Waals surface area contributed by atoms with Gasteiger partial charge in [0.2, 0.25) is 0 Å². The summed E-state index contributed by atoms with van der Waals surface area (Å²) in [7, 11) is 1.53. The van der Waals surface area contributed by atoms with E-state index in [1.165, 1.54) is 13.3 Å². The second-order valence-electron chi connectivity index (χ2n) is 5.03. The molecule has 0 aliphatic heterocycles. The molecule has 0 aliphatic rings. The number of halogens is 3. The van der Waals surface area contributed by atoms with Gasteiger partial charge >= 0.3 is 6.18 Å². The van der Waals surface area contributed by atoms with Crippen molar-refractivity contribution in [3.8, 4) is 17.3 Å². The van der Waals surface area contributed by atoms with Crippen LogP contribution in [0.25, 0.3) is 11.5 Å². The van der Waals surface area contributed by atoms with Gasteiger partial charge in [0.05, 0.1) is 7.11 Å². The summed E-state index contributed by atoms with van der Waals surface area (Å²) in [6.45, 7) is 0. The molecule has 0 saturated heterocycles. The van der Waals surface area contributed by atoms with E-state index in [-0.39, 0.29) is 17.3 Å². The largest absolute Gasteiger partial charge is 0.497 e. The Hall–Kier alpha value is -3.16. The molecule has 5 nitrogen and oxygen atoms in total. The molecular weight excluding hydrogens is 333 g/mol. The number of rotatable bonds is 4. The summed E-state index contributed by atoms with van der Waals surface area (Å²) in [5.74, 6) is 0.554. The molecule has 0 atom stereocenters. The molecule has 3 rings (SSSR count). The number of methoxy groups -OCH3 is 1. The molecule has 3 aromatic rings. The van der Waals surface area contributed by atoms with Crippen LogP contribution in [0.3, 0.4) is 0 Å². The first-order valence-electron chi connectivity index (χ1n) is 7.24. The topological polar surface area (TPSA) is 59.9 Å². The second kappa shape index (κ2) is 6.76. The maximum Gasteiger partial charge on any atom is 0.433 e. The SMILES string of the molecule is COc1ccc(Nc2cc(C(F)(F)F)nc(-c3ccccn3)n2)cc1. The zero-order chi connectivity index (χ0) is 17.9. The zero-order valence-electron chi connectivity index (χ0n) is 13.1. The van der Waals surface area contributed by atoms with Crippen molar-refractivity contribution in [1.82, 2.24) is 15.0 Å². The molecule has 0 bridgehead atoms. The Morgan fingerprint density at radius 2 is 1.76 bits per heavy atom. The van der Waals surface area contributed by atoms with Crippen molar-refractivity contribution >= 4 is 11.5 Å². The molecule has 0 radical (unpaired) electrons. The quantitative estimate of drug-likeness (QED) is 0.763. The summed E-state index contributed by atoms with van der Waals surface area (Å²) in [5.41, 5.74) is -0.217. The van der Waals surface area contributed by atoms with Crippen molar-refractivity contribution < 1.29 is 17.9 Å². The number of anilines is 2. The molecule has 0 spiro atoms. The maximum absolute atomic E-state index is 13.1. The third-order valence-corrected chi connectivity index (χ3v) is 3.27. The Balaban J connectivity index is 2.00. The van der Waals surface area contributed by atoms with E-state index in [1.807, 2.05) is 0 Å². The van der Waals surface area contributed by atoms with Gasteiger partial charge in [-0.15, -0.1) is 0 Å². The minimum Gasteiger partial charge on any atom is -0.497 e. The first-order valence-corrected chi connectivity index (χ1v) is 7.24. The molecule has 0 amide bonds. The van der Waals surface area contributed by atoms with Crippen molar-refractivity contribution in [1.29, 1.82) is 0 Å². The third kappa shape index (κ3) is 4.03. The van der Waals surface area contributed by atoms with Crippen molar-refractivity contribution in [2.24, 2.45) is 0 Å². The summed E-state index contributed by atoms with van der Waals surface area (Å²) in [6.07, 6.45) is -3.13. The van der Waals surface area contributed by atoms with Crippen molar-refractivity contribution in [2.75, 3.05) is 12.4 Å². The van der Waals surface area contributed by atoms with E-state index in [2.05, 4.69) is 20.3 Å². The summed E-state index contributed by atoms with van der Waals surface area (Å²) in [5, 5.41) is 2.84. The predicted molar refractivity (Wildman–Crippen MR) is 86.5 cm³/mol. The number of hydrogen-bond donors (Lipinski definition) is 1. The first-order chi connectivity index (χ1) is 12.0. The highest BCUT2D eigenvalue weighted by atomic mass is 19.4. The number of nitrogens with zero attached hydrogens (tertiary/aromatic N) is 3. The van der Waals surface area contributed by atoms with Crippen LogP contribution in [-0.2, 0) is 6.18 Å². The Bertz CT molecular complexity index is 852. The average Bonchev–Trinajstić information content (AvgIpc) is 2.62. The van der Waals surface area contributed by atoms with Gasteiger partial charge in [-0.25, -0.2) is 9.97 Å². The molecule has 0 aliphatic carbocycles. The number of hydrogen-bond acceptors (Lipinski definition) is 5. The Labute approximate surface area is 141 Å². The Morgan fingerprint density at radius 1 is 1.00 bits per heavy atom. The number of aromatic nitrogens is 3. The van der Waals surface area contributed by atoms with Crippen LogP contribution < -0.4 is 10.1 Å². The molecule has 0 unspecified atom stereocenters. The highest BCUT2D eigenvalue weighted by molar-refractivity contribution is 5.60. The van der Waals surface area contributed by atoms with Gasteiger partial charge in [-0.05, 0) is 36.4 Å². The Kier molecular flexibility index (Phi) is 4.51. The summed E-state index contributed by atoms with van der Waals surface area (Å²) < 4.78 is 44.5. The summed E-state index contributed by atoms with van der Waals surface area (Å²) in [4.78, 5) is 11.7. The number of nitrogens with one attached hydrogen (secondary N) is 1. The van der Waals surface area contributed by atoms with Crippen LogP contribution in [-0.4, -0.2) is 22.1 Å². The van der Waals surface area contributed by atoms with Crippen LogP contribution in [0.2, 0.25) is 0 Å². The maximum atomic E-state index is 13.1. The lowest BCUT2D eigenvalue weighted by Gasteiger charge is -2.12. The van der Waals surface area contributed by atoms with Crippen LogP contribution in [0.15, 0.2) is 54.7 Å². The van der Waals surface area contributed by atoms with Crippen molar-refractivity contribution in [2.45, 2.75) is 6.18 Å². The van der Waals surface area contributed by atoms with Gasteiger partial charge in [0.25, 0.3) is 0 Å². The molecule has 0 fully saturated rings. The lowest BCUT2D eigenvalue weighted by Crippen LogP contribution is -2.11. The third-order valence-electron chi connectivity index (χ3n) is 3.27. The highest BCUT2D eigenvalue weighted by Gasteiger charge is 2.34. The zero-order valence-corrected chi connectivity index (χ0v) is 13.1. The molecule has 8 heteroatoms. The highest BCUT2D eigenvalue weighted by Crippen LogP contribution is 2.31. The van der Waals surface area contributed by atoms with Crippen molar-refractivity contribution in [3.05, 3.63) is 60.4 Å². The number of ether oxygens (including phenoxy) is 1. The minimum absolute atomic E-state index is 0.0214. The van der Waals surface area contributed by atoms with E-state index < -0.39 is 11.9 Å². The summed E-state index contributed by atoms with van der Waals surface area (Å²) >= 11 is 0. The van der Waals surface area contributed by atoms with Crippen molar-refractivity contribution in [3.63, 3.8) is 0 Å². The number of benzene rings is 1. The molecule has 25 heavy (non-hydrogen) atoms. The predicted octanol–water partition coefficient (Wildman–Crippen LogP) is 4.31. The molecule has 0 saturated carbocycles. The van der Waals surface area contributed by atoms with E-state index in [4.69, 9.17) is 4.74 Å². The normalized spacial score (nSPS) is 11.2. The summed E-state index contributed by atoms with van der Waals surface area (Å²) in [6, 6.07) is 12.4. The first kappa shape index (κ1) is 16.7. The van der Waals surface area contributed by atoms with E-state index >= 15 is 0 Å². The smallest absolute Gasteiger partial charge is 0.433 e. The fourth-order valence-corrected chi connectivity index (χ4v) is 2.09. The molecule has 1 N–H and O–H groups in total. The van der Waals surface area contributed by atoms with E-state index in [9.17, 15) is 13.2 Å². The van der Waals surface area contributed by atoms with Gasteiger partial charge in [0.15, 0.2) is 11.5 Å². The average molecular weight is 346 g/mol. The lowest BCUT2D eigenvalue weighted by atomic mass is 10.2. The monoisotopic (exact) mass is 346 g/mol. The molecule has 1 aromatic carbocycles. The minimum atomic E-state index is -4.59. The van der Waals surface area contributed by atoms with Crippen LogP contribution in [0.5, 0.6) is 5.75 Å². The van der Waals surface area contributed by atoms with E-state index in [0.717, 1.165) is 6.07 Å².